The van der Waals surface area contributed by atoms with Crippen LogP contribution in [0.2, 0.25) is 0 Å². The number of amides is 1. The van der Waals surface area contributed by atoms with Crippen LogP contribution in [0, 0.1) is 6.92 Å². The van der Waals surface area contributed by atoms with Crippen LogP contribution in [0.3, 0.4) is 0 Å². The topological polar surface area (TPSA) is 107 Å². The minimum atomic E-state index is -1.08. The van der Waals surface area contributed by atoms with Gasteiger partial charge in [0.2, 0.25) is 5.82 Å². The van der Waals surface area contributed by atoms with Crippen LogP contribution < -0.4 is 9.80 Å². The number of aryl methyl sites for hydroxylation is 1. The normalized spacial score (nSPS) is 19.6. The number of hydrogen-bond donors (Lipinski definition) is 1. The minimum absolute atomic E-state index is 0.0219. The molecule has 200 valence electrons. The van der Waals surface area contributed by atoms with E-state index >= 15 is 0 Å². The summed E-state index contributed by atoms with van der Waals surface area (Å²) in [6.07, 6.45) is 3.76. The number of carboxylic acid groups (broad SMARTS) is 1. The van der Waals surface area contributed by atoms with Crippen LogP contribution in [0.15, 0.2) is 60.8 Å². The summed E-state index contributed by atoms with van der Waals surface area (Å²) in [6, 6.07) is 17.7. The number of rotatable bonds is 5. The van der Waals surface area contributed by atoms with Crippen molar-refractivity contribution < 1.29 is 14.7 Å². The molecule has 2 aliphatic heterocycles. The lowest BCUT2D eigenvalue weighted by atomic mass is 9.82. The number of pyridine rings is 2. The molecule has 3 aromatic heterocycles. The van der Waals surface area contributed by atoms with Crippen molar-refractivity contribution in [2.24, 2.45) is 0 Å². The zero-order chi connectivity index (χ0) is 27.1. The zero-order valence-electron chi connectivity index (χ0n) is 22.1. The maximum Gasteiger partial charge on any atom is 0.354 e. The number of carboxylic acids is 1. The quantitative estimate of drug-likeness (QED) is 0.421. The zero-order valence-corrected chi connectivity index (χ0v) is 22.1. The van der Waals surface area contributed by atoms with E-state index in [1.54, 1.807) is 21.5 Å². The third-order valence-corrected chi connectivity index (χ3v) is 7.87. The molecule has 0 spiro atoms. The predicted molar refractivity (Wildman–Crippen MR) is 147 cm³/mol. The summed E-state index contributed by atoms with van der Waals surface area (Å²) in [5.41, 5.74) is 4.09. The van der Waals surface area contributed by atoms with Crippen LogP contribution in [-0.4, -0.2) is 74.3 Å². The number of aromatic carboxylic acids is 1. The molecule has 4 aromatic rings. The van der Waals surface area contributed by atoms with E-state index in [1.165, 1.54) is 11.6 Å². The van der Waals surface area contributed by atoms with Gasteiger partial charge >= 0.3 is 5.97 Å². The van der Waals surface area contributed by atoms with Crippen molar-refractivity contribution in [1.82, 2.24) is 24.5 Å². The Morgan fingerprint density at radius 1 is 0.974 bits per heavy atom. The van der Waals surface area contributed by atoms with Gasteiger partial charge < -0.3 is 19.8 Å². The summed E-state index contributed by atoms with van der Waals surface area (Å²) < 4.78 is 1.72. The fourth-order valence-electron chi connectivity index (χ4n) is 5.66. The van der Waals surface area contributed by atoms with Gasteiger partial charge in [-0.3, -0.25) is 4.79 Å². The van der Waals surface area contributed by atoms with E-state index in [0.717, 1.165) is 37.2 Å². The summed E-state index contributed by atoms with van der Waals surface area (Å²) in [5, 5.41) is 13.9. The Labute approximate surface area is 226 Å². The second kappa shape index (κ2) is 9.68. The third-order valence-electron chi connectivity index (χ3n) is 7.87. The van der Waals surface area contributed by atoms with Crippen molar-refractivity contribution in [3.8, 4) is 0 Å². The van der Waals surface area contributed by atoms with E-state index < -0.39 is 5.97 Å². The van der Waals surface area contributed by atoms with Crippen LogP contribution in [-0.2, 0) is 5.41 Å². The molecule has 2 fully saturated rings. The molecule has 2 saturated heterocycles. The van der Waals surface area contributed by atoms with Crippen LogP contribution in [0.1, 0.15) is 52.0 Å². The van der Waals surface area contributed by atoms with E-state index in [1.807, 2.05) is 18.0 Å². The first-order valence-electron chi connectivity index (χ1n) is 13.2. The first-order chi connectivity index (χ1) is 18.8. The smallest absolute Gasteiger partial charge is 0.354 e. The number of nitrogens with zero attached hydrogens (tertiary/aromatic N) is 7. The highest BCUT2D eigenvalue weighted by Crippen LogP contribution is 2.36. The third kappa shape index (κ3) is 4.67. The Bertz CT molecular complexity index is 1550. The van der Waals surface area contributed by atoms with Crippen molar-refractivity contribution >= 4 is 29.0 Å². The lowest BCUT2D eigenvalue weighted by Gasteiger charge is -2.35. The summed E-state index contributed by atoms with van der Waals surface area (Å²) >= 11 is 0. The average Bonchev–Trinajstić information content (AvgIpc) is 3.58. The van der Waals surface area contributed by atoms with Crippen LogP contribution in [0.25, 0.3) is 5.65 Å². The summed E-state index contributed by atoms with van der Waals surface area (Å²) in [5.74, 6) is -0.649. The number of hydrogen-bond acceptors (Lipinski definition) is 7. The Kier molecular flexibility index (Phi) is 6.17. The van der Waals surface area contributed by atoms with Crippen LogP contribution in [0.5, 0.6) is 0 Å². The van der Waals surface area contributed by atoms with Crippen LogP contribution in [0.4, 0.5) is 11.5 Å². The van der Waals surface area contributed by atoms with E-state index in [0.29, 0.717) is 31.2 Å². The molecule has 0 saturated carbocycles. The highest BCUT2D eigenvalue weighted by molar-refractivity contribution is 5.91. The highest BCUT2D eigenvalue weighted by Gasteiger charge is 2.36. The van der Waals surface area contributed by atoms with Gasteiger partial charge in [-0.05, 0) is 49.1 Å². The van der Waals surface area contributed by atoms with E-state index in [2.05, 4.69) is 63.3 Å². The minimum Gasteiger partial charge on any atom is -0.477 e. The molecule has 1 N–H and O–H groups in total. The molecule has 1 atom stereocenters. The van der Waals surface area contributed by atoms with E-state index in [-0.39, 0.29) is 22.8 Å². The number of anilines is 2. The molecular formula is C29H31N7O3. The Balaban J connectivity index is 1.21. The van der Waals surface area contributed by atoms with Crippen molar-refractivity contribution in [1.29, 1.82) is 0 Å². The second-order valence-corrected chi connectivity index (χ2v) is 10.7. The summed E-state index contributed by atoms with van der Waals surface area (Å²) in [6.45, 7) is 7.70. The molecule has 0 unspecified atom stereocenters. The molecule has 39 heavy (non-hydrogen) atoms. The molecule has 1 aromatic carbocycles. The largest absolute Gasteiger partial charge is 0.477 e. The Morgan fingerprint density at radius 2 is 1.79 bits per heavy atom. The summed E-state index contributed by atoms with van der Waals surface area (Å²) in [4.78, 5) is 39.6. The highest BCUT2D eigenvalue weighted by atomic mass is 16.4. The number of benzene rings is 1. The van der Waals surface area contributed by atoms with Crippen molar-refractivity contribution in [2.45, 2.75) is 32.1 Å². The van der Waals surface area contributed by atoms with Gasteiger partial charge in [-0.25, -0.2) is 19.3 Å². The lowest BCUT2D eigenvalue weighted by molar-refractivity contribution is 0.0685. The Morgan fingerprint density at radius 3 is 2.59 bits per heavy atom. The number of carbonyl (C=O) groups is 2. The van der Waals surface area contributed by atoms with Crippen LogP contribution >= 0.6 is 0 Å². The molecule has 10 heteroatoms. The maximum absolute atomic E-state index is 13.5. The SMILES string of the molecule is Cc1cc(N2CC[C@](C)(c3ccccc3)C2)cn2nc(C(=O)N3CCCN(c4cccc(C(=O)O)n4)C3)nc12. The van der Waals surface area contributed by atoms with Gasteiger partial charge in [0.25, 0.3) is 5.91 Å². The van der Waals surface area contributed by atoms with Gasteiger partial charge in [-0.2, -0.15) is 0 Å². The molecule has 6 rings (SSSR count). The van der Waals surface area contributed by atoms with Gasteiger partial charge in [-0.15, -0.1) is 5.10 Å². The molecule has 0 bridgehead atoms. The van der Waals surface area contributed by atoms with Gasteiger partial charge in [0.05, 0.1) is 18.6 Å². The van der Waals surface area contributed by atoms with Gasteiger partial charge in [0.15, 0.2) is 11.3 Å². The van der Waals surface area contributed by atoms with Gasteiger partial charge in [0, 0.05) is 31.6 Å². The number of aromatic nitrogens is 4. The molecule has 10 nitrogen and oxygen atoms in total. The Hall–Kier alpha value is -4.47. The fourth-order valence-corrected chi connectivity index (χ4v) is 5.66. The summed E-state index contributed by atoms with van der Waals surface area (Å²) in [7, 11) is 0. The molecule has 5 heterocycles. The molecule has 2 aliphatic rings. The lowest BCUT2D eigenvalue weighted by Crippen LogP contribution is -2.48. The van der Waals surface area contributed by atoms with E-state index in [9.17, 15) is 14.7 Å². The van der Waals surface area contributed by atoms with Crippen molar-refractivity contribution in [3.63, 3.8) is 0 Å². The standard InChI is InChI=1S/C29H31N7O3/c1-20-16-22(33-15-12-29(2,18-33)21-8-4-3-5-9-21)17-36-26(20)31-25(32-36)27(37)35-14-7-13-34(19-35)24-11-6-10-23(30-24)28(38)39/h3-6,8-11,16-17H,7,12-15,18-19H2,1-2H3,(H,38,39)/t29-/m0/s1. The first-order valence-corrected chi connectivity index (χ1v) is 13.2. The van der Waals surface area contributed by atoms with Gasteiger partial charge in [-0.1, -0.05) is 43.3 Å². The molecule has 0 aliphatic carbocycles. The fraction of sp³-hybridized carbons (Fsp3) is 0.345. The van der Waals surface area contributed by atoms with E-state index in [4.69, 9.17) is 0 Å². The monoisotopic (exact) mass is 525 g/mol. The molecule has 1 amide bonds. The van der Waals surface area contributed by atoms with Crippen molar-refractivity contribution in [3.05, 3.63) is 83.4 Å². The molecule has 0 radical (unpaired) electrons. The van der Waals surface area contributed by atoms with Crippen molar-refractivity contribution in [2.75, 3.05) is 42.6 Å². The molecular weight excluding hydrogens is 494 g/mol. The maximum atomic E-state index is 13.5. The first kappa shape index (κ1) is 24.8. The van der Waals surface area contributed by atoms with Gasteiger partial charge in [0.1, 0.15) is 5.82 Å². The average molecular weight is 526 g/mol. The number of fused-ring (bicyclic) bond motifs is 1. The second-order valence-electron chi connectivity index (χ2n) is 10.7. The predicted octanol–water partition coefficient (Wildman–Crippen LogP) is 3.61. The number of carbonyl (C=O) groups excluding carboxylic acids is 1.